The van der Waals surface area contributed by atoms with Crippen molar-refractivity contribution in [3.8, 4) is 0 Å². The highest BCUT2D eigenvalue weighted by atomic mass is 16.8. The molecule has 1 rings (SSSR count). The molecule has 0 unspecified atom stereocenters. The van der Waals surface area contributed by atoms with Crippen molar-refractivity contribution < 1.29 is 19.0 Å². The lowest BCUT2D eigenvalue weighted by atomic mass is 9.98. The van der Waals surface area contributed by atoms with E-state index in [-0.39, 0.29) is 23.4 Å². The summed E-state index contributed by atoms with van der Waals surface area (Å²) in [5.74, 6) is -0.579. The molecule has 1 saturated heterocycles. The topological polar surface area (TPSA) is 44.8 Å². The first-order valence-corrected chi connectivity index (χ1v) is 6.52. The van der Waals surface area contributed by atoms with Crippen LogP contribution in [0.1, 0.15) is 48.5 Å². The molecule has 4 heteroatoms. The van der Waals surface area contributed by atoms with Crippen LogP contribution in [0, 0.1) is 5.92 Å². The molecule has 18 heavy (non-hydrogen) atoms. The van der Waals surface area contributed by atoms with E-state index in [4.69, 9.17) is 14.2 Å². The zero-order chi connectivity index (χ0) is 14.1. The molecule has 0 aromatic carbocycles. The molecule has 1 aliphatic heterocycles. The van der Waals surface area contributed by atoms with Gasteiger partial charge in [-0.05, 0) is 41.5 Å². The molecule has 0 aromatic heterocycles. The highest BCUT2D eigenvalue weighted by Gasteiger charge is 2.46. The van der Waals surface area contributed by atoms with Gasteiger partial charge in [0.25, 0.3) is 0 Å². The second-order valence-corrected chi connectivity index (χ2v) is 6.53. The van der Waals surface area contributed by atoms with E-state index in [1.165, 1.54) is 0 Å². The van der Waals surface area contributed by atoms with E-state index < -0.39 is 11.9 Å². The Balaban J connectivity index is 2.65. The Labute approximate surface area is 110 Å². The van der Waals surface area contributed by atoms with Gasteiger partial charge in [0.2, 0.25) is 0 Å². The number of hydrogen-bond donors (Lipinski definition) is 0. The van der Waals surface area contributed by atoms with Crippen LogP contribution in [0.5, 0.6) is 0 Å². The molecule has 0 N–H and O–H groups in total. The lowest BCUT2D eigenvalue weighted by Gasteiger charge is -2.26. The van der Waals surface area contributed by atoms with Gasteiger partial charge in [0.1, 0.15) is 6.10 Å². The summed E-state index contributed by atoms with van der Waals surface area (Å²) < 4.78 is 17.2. The minimum absolute atomic E-state index is 0.00758. The van der Waals surface area contributed by atoms with Crippen molar-refractivity contribution in [1.82, 2.24) is 0 Å². The Kier molecular flexibility index (Phi) is 4.57. The Morgan fingerprint density at radius 2 is 1.89 bits per heavy atom. The van der Waals surface area contributed by atoms with Crippen molar-refractivity contribution in [1.29, 1.82) is 0 Å². The summed E-state index contributed by atoms with van der Waals surface area (Å²) in [5.41, 5.74) is -0.186. The summed E-state index contributed by atoms with van der Waals surface area (Å²) in [7, 11) is 0. The first-order chi connectivity index (χ1) is 8.02. The number of rotatable bonds is 4. The van der Waals surface area contributed by atoms with Crippen molar-refractivity contribution in [3.63, 3.8) is 0 Å². The normalized spacial score (nSPS) is 29.3. The van der Waals surface area contributed by atoms with Gasteiger partial charge >= 0.3 is 0 Å². The number of carbonyl (C=O) groups excluding carboxylic acids is 1. The van der Waals surface area contributed by atoms with Crippen LogP contribution in [-0.4, -0.2) is 36.0 Å². The minimum atomic E-state index is -0.697. The van der Waals surface area contributed by atoms with Crippen molar-refractivity contribution >= 4 is 5.78 Å². The van der Waals surface area contributed by atoms with Gasteiger partial charge in [-0.25, -0.2) is 0 Å². The average Bonchev–Trinajstić information content (AvgIpc) is 2.50. The van der Waals surface area contributed by atoms with Crippen molar-refractivity contribution in [2.75, 3.05) is 6.61 Å². The molecular formula is C14H26O4. The lowest BCUT2D eigenvalue weighted by molar-refractivity contribution is -0.157. The van der Waals surface area contributed by atoms with E-state index >= 15 is 0 Å². The number of ether oxygens (including phenoxy) is 3. The fourth-order valence-corrected chi connectivity index (χ4v) is 2.00. The first-order valence-electron chi connectivity index (χ1n) is 6.52. The van der Waals surface area contributed by atoms with Gasteiger partial charge in [-0.3, -0.25) is 4.79 Å². The third-order valence-electron chi connectivity index (χ3n) is 2.87. The summed E-state index contributed by atoms with van der Waals surface area (Å²) in [6.45, 7) is 13.8. The van der Waals surface area contributed by atoms with Gasteiger partial charge in [0.15, 0.2) is 11.6 Å². The average molecular weight is 258 g/mol. The van der Waals surface area contributed by atoms with Gasteiger partial charge in [0.05, 0.1) is 18.3 Å². The fourth-order valence-electron chi connectivity index (χ4n) is 2.00. The summed E-state index contributed by atoms with van der Waals surface area (Å²) in [5, 5.41) is 0. The zero-order valence-corrected chi connectivity index (χ0v) is 12.6. The maximum absolute atomic E-state index is 11.6. The fraction of sp³-hybridized carbons (Fsp3) is 0.929. The molecule has 1 fully saturated rings. The number of carbonyl (C=O) groups is 1. The number of ketones is 1. The van der Waals surface area contributed by atoms with Gasteiger partial charge in [-0.1, -0.05) is 6.92 Å². The molecule has 1 heterocycles. The maximum atomic E-state index is 11.6. The lowest BCUT2D eigenvalue weighted by Crippen LogP contribution is -2.37. The minimum Gasteiger partial charge on any atom is -0.375 e. The second-order valence-electron chi connectivity index (χ2n) is 6.53. The maximum Gasteiger partial charge on any atom is 0.164 e. The van der Waals surface area contributed by atoms with Crippen LogP contribution >= 0.6 is 0 Å². The van der Waals surface area contributed by atoms with Crippen LogP contribution in [0.4, 0.5) is 0 Å². The Bertz CT molecular complexity index is 303. The predicted molar refractivity (Wildman–Crippen MR) is 69.4 cm³/mol. The zero-order valence-electron chi connectivity index (χ0n) is 12.6. The van der Waals surface area contributed by atoms with E-state index in [1.807, 2.05) is 41.5 Å². The molecule has 0 aliphatic carbocycles. The number of Topliss-reactive ketones (excluding diaryl/α,β-unsaturated/α-hetero) is 1. The summed E-state index contributed by atoms with van der Waals surface area (Å²) in [4.78, 5) is 11.6. The van der Waals surface area contributed by atoms with Gasteiger partial charge in [-0.15, -0.1) is 0 Å². The molecule has 4 nitrogen and oxygen atoms in total. The summed E-state index contributed by atoms with van der Waals surface area (Å²) >= 11 is 0. The Hall–Kier alpha value is -0.450. The number of hydrogen-bond acceptors (Lipinski definition) is 4. The highest BCUT2D eigenvalue weighted by molar-refractivity contribution is 5.81. The van der Waals surface area contributed by atoms with Crippen LogP contribution in [0.3, 0.4) is 0 Å². The second kappa shape index (κ2) is 5.27. The van der Waals surface area contributed by atoms with Crippen molar-refractivity contribution in [2.45, 2.75) is 72.1 Å². The van der Waals surface area contributed by atoms with Gasteiger partial charge < -0.3 is 14.2 Å². The summed E-state index contributed by atoms with van der Waals surface area (Å²) in [6.07, 6.45) is -0.724. The standard InChI is InChI=1S/C14H26O4/c1-9(8-16-13(3,4)5)11-12(10(2)15)18-14(6,7)17-11/h9,11-12H,8H2,1-7H3/t9-,11-,12+/m1/s1. The molecule has 3 atom stereocenters. The van der Waals surface area contributed by atoms with Gasteiger partial charge in [-0.2, -0.15) is 0 Å². The molecule has 0 saturated carbocycles. The molecule has 0 radical (unpaired) electrons. The van der Waals surface area contributed by atoms with Crippen LogP contribution in [0.25, 0.3) is 0 Å². The monoisotopic (exact) mass is 258 g/mol. The molecule has 0 amide bonds. The molecular weight excluding hydrogens is 232 g/mol. The van der Waals surface area contributed by atoms with Crippen LogP contribution in [0.15, 0.2) is 0 Å². The first kappa shape index (κ1) is 15.6. The van der Waals surface area contributed by atoms with Crippen LogP contribution < -0.4 is 0 Å². The quantitative estimate of drug-likeness (QED) is 0.777. The van der Waals surface area contributed by atoms with E-state index in [0.29, 0.717) is 6.61 Å². The Morgan fingerprint density at radius 3 is 2.33 bits per heavy atom. The third-order valence-corrected chi connectivity index (χ3v) is 2.87. The molecule has 106 valence electrons. The van der Waals surface area contributed by atoms with E-state index in [1.54, 1.807) is 6.92 Å². The van der Waals surface area contributed by atoms with Crippen LogP contribution in [0.2, 0.25) is 0 Å². The third kappa shape index (κ3) is 4.34. The van der Waals surface area contributed by atoms with E-state index in [9.17, 15) is 4.79 Å². The molecule has 0 spiro atoms. The smallest absolute Gasteiger partial charge is 0.164 e. The van der Waals surface area contributed by atoms with E-state index in [2.05, 4.69) is 0 Å². The highest BCUT2D eigenvalue weighted by Crippen LogP contribution is 2.33. The largest absolute Gasteiger partial charge is 0.375 e. The van der Waals surface area contributed by atoms with E-state index in [0.717, 1.165) is 0 Å². The molecule has 0 aromatic rings. The molecule has 0 bridgehead atoms. The SMILES string of the molecule is CC(=O)[C@@H]1OC(C)(C)O[C@@H]1[C@H](C)COC(C)(C)C. The Morgan fingerprint density at radius 1 is 1.33 bits per heavy atom. The van der Waals surface area contributed by atoms with Crippen molar-refractivity contribution in [2.24, 2.45) is 5.92 Å². The van der Waals surface area contributed by atoms with Crippen LogP contribution in [-0.2, 0) is 19.0 Å². The summed E-state index contributed by atoms with van der Waals surface area (Å²) in [6, 6.07) is 0. The predicted octanol–water partition coefficient (Wildman–Crippen LogP) is 2.55. The van der Waals surface area contributed by atoms with Gasteiger partial charge in [0, 0.05) is 5.92 Å². The van der Waals surface area contributed by atoms with Crippen molar-refractivity contribution in [3.05, 3.63) is 0 Å². The molecule has 1 aliphatic rings.